The SMILES string of the molecule is Cc1ccc2c(c1)npc1nc(C)ncc12. The third-order valence-corrected chi connectivity index (χ3v) is 3.43. The summed E-state index contributed by atoms with van der Waals surface area (Å²) in [6.07, 6.45) is 1.90. The van der Waals surface area contributed by atoms with E-state index < -0.39 is 0 Å². The fraction of sp³-hybridized carbons (Fsp3) is 0.167. The Hall–Kier alpha value is -1.60. The lowest BCUT2D eigenvalue weighted by atomic mass is 10.1. The number of aromatic nitrogens is 3. The molecule has 78 valence electrons. The van der Waals surface area contributed by atoms with Gasteiger partial charge in [0.25, 0.3) is 0 Å². The molecule has 3 nitrogen and oxygen atoms in total. The van der Waals surface area contributed by atoms with Gasteiger partial charge in [0.15, 0.2) is 0 Å². The summed E-state index contributed by atoms with van der Waals surface area (Å²) in [5.41, 5.74) is 2.27. The van der Waals surface area contributed by atoms with Crippen LogP contribution in [0.3, 0.4) is 0 Å². The minimum absolute atomic E-state index is 0.803. The van der Waals surface area contributed by atoms with Crippen LogP contribution in [0.4, 0.5) is 0 Å². The molecule has 0 radical (unpaired) electrons. The summed E-state index contributed by atoms with van der Waals surface area (Å²) < 4.78 is 4.52. The zero-order chi connectivity index (χ0) is 11.1. The Morgan fingerprint density at radius 1 is 1.12 bits per heavy atom. The molecule has 0 fully saturated rings. The molecule has 0 atom stereocenters. The molecule has 0 amide bonds. The molecule has 4 heteroatoms. The topological polar surface area (TPSA) is 38.7 Å². The summed E-state index contributed by atoms with van der Waals surface area (Å²) in [4.78, 5) is 8.67. The molecule has 2 aromatic heterocycles. The number of rotatable bonds is 0. The summed E-state index contributed by atoms with van der Waals surface area (Å²) in [7, 11) is 0.917. The van der Waals surface area contributed by atoms with Crippen molar-refractivity contribution in [3.8, 4) is 0 Å². The molecule has 0 aliphatic heterocycles. The van der Waals surface area contributed by atoms with Crippen LogP contribution < -0.4 is 0 Å². The van der Waals surface area contributed by atoms with Gasteiger partial charge in [-0.15, -0.1) is 0 Å². The van der Waals surface area contributed by atoms with E-state index >= 15 is 0 Å². The van der Waals surface area contributed by atoms with Crippen molar-refractivity contribution in [1.82, 2.24) is 14.7 Å². The minimum atomic E-state index is 0.803. The second-order valence-electron chi connectivity index (χ2n) is 3.88. The zero-order valence-electron chi connectivity index (χ0n) is 9.10. The van der Waals surface area contributed by atoms with Crippen molar-refractivity contribution >= 4 is 29.9 Å². The highest BCUT2D eigenvalue weighted by atomic mass is 31.0. The number of hydrogen-bond acceptors (Lipinski definition) is 3. The van der Waals surface area contributed by atoms with Gasteiger partial charge in [-0.05, 0) is 25.5 Å². The van der Waals surface area contributed by atoms with E-state index in [1.54, 1.807) is 0 Å². The zero-order valence-corrected chi connectivity index (χ0v) is 9.99. The van der Waals surface area contributed by atoms with E-state index in [2.05, 4.69) is 39.8 Å². The molecule has 0 aliphatic carbocycles. The Morgan fingerprint density at radius 3 is 2.88 bits per heavy atom. The standard InChI is InChI=1S/C12H10N3P/c1-7-3-4-9-10-6-13-8(2)14-12(10)16-15-11(9)5-7/h3-6H,1-2H3. The van der Waals surface area contributed by atoms with E-state index in [9.17, 15) is 0 Å². The largest absolute Gasteiger partial charge is 0.241 e. The van der Waals surface area contributed by atoms with E-state index in [0.29, 0.717) is 0 Å². The summed E-state index contributed by atoms with van der Waals surface area (Å²) in [5, 5.41) is 3.25. The lowest BCUT2D eigenvalue weighted by molar-refractivity contribution is 1.10. The average Bonchev–Trinajstić information content (AvgIpc) is 2.28. The summed E-state index contributed by atoms with van der Waals surface area (Å²) in [6.45, 7) is 3.98. The van der Waals surface area contributed by atoms with Gasteiger partial charge in [-0.2, -0.15) is 0 Å². The molecule has 0 unspecified atom stereocenters. The van der Waals surface area contributed by atoms with Crippen molar-refractivity contribution in [2.75, 3.05) is 0 Å². The van der Waals surface area contributed by atoms with Gasteiger partial charge in [0.05, 0.1) is 13.9 Å². The Kier molecular flexibility index (Phi) is 2.08. The second kappa shape index (κ2) is 3.46. The molecule has 0 N–H and O–H groups in total. The Labute approximate surface area is 94.7 Å². The van der Waals surface area contributed by atoms with Crippen LogP contribution in [0.2, 0.25) is 0 Å². The highest BCUT2D eigenvalue weighted by Crippen LogP contribution is 2.27. The van der Waals surface area contributed by atoms with E-state index in [1.807, 2.05) is 13.1 Å². The van der Waals surface area contributed by atoms with Crippen LogP contribution in [0.15, 0.2) is 24.4 Å². The molecule has 3 rings (SSSR count). The van der Waals surface area contributed by atoms with E-state index in [4.69, 9.17) is 0 Å². The molecule has 0 bridgehead atoms. The van der Waals surface area contributed by atoms with E-state index in [0.717, 1.165) is 35.7 Å². The van der Waals surface area contributed by atoms with Crippen molar-refractivity contribution in [2.45, 2.75) is 13.8 Å². The maximum Gasteiger partial charge on any atom is 0.126 e. The number of benzene rings is 1. The van der Waals surface area contributed by atoms with Crippen LogP contribution in [-0.2, 0) is 0 Å². The number of fused-ring (bicyclic) bond motifs is 3. The van der Waals surface area contributed by atoms with Gasteiger partial charge in [-0.3, -0.25) is 0 Å². The molecule has 1 aromatic carbocycles. The van der Waals surface area contributed by atoms with E-state index in [-0.39, 0.29) is 0 Å². The lowest BCUT2D eigenvalue weighted by Gasteiger charge is -2.02. The van der Waals surface area contributed by atoms with Crippen LogP contribution in [0.5, 0.6) is 0 Å². The first-order valence-corrected chi connectivity index (χ1v) is 5.95. The molecular formula is C12H10N3P. The summed E-state index contributed by atoms with van der Waals surface area (Å²) in [6, 6.07) is 6.30. The van der Waals surface area contributed by atoms with E-state index in [1.165, 1.54) is 5.56 Å². The molecule has 0 saturated carbocycles. The molecule has 16 heavy (non-hydrogen) atoms. The van der Waals surface area contributed by atoms with Crippen molar-refractivity contribution in [2.24, 2.45) is 0 Å². The molecule has 2 heterocycles. The first kappa shape index (κ1) is 9.61. The highest BCUT2D eigenvalue weighted by Gasteiger charge is 2.04. The highest BCUT2D eigenvalue weighted by molar-refractivity contribution is 7.32. The normalized spacial score (nSPS) is 11.6. The maximum atomic E-state index is 4.52. The smallest absolute Gasteiger partial charge is 0.126 e. The number of nitrogens with zero attached hydrogens (tertiary/aromatic N) is 3. The van der Waals surface area contributed by atoms with Gasteiger partial charge in [0, 0.05) is 17.0 Å². The third kappa shape index (κ3) is 1.44. The molecular weight excluding hydrogens is 217 g/mol. The van der Waals surface area contributed by atoms with Crippen molar-refractivity contribution in [3.63, 3.8) is 0 Å². The van der Waals surface area contributed by atoms with Gasteiger partial charge in [0.2, 0.25) is 0 Å². The molecule has 0 aliphatic rings. The average molecular weight is 227 g/mol. The monoisotopic (exact) mass is 227 g/mol. The first-order chi connectivity index (χ1) is 7.74. The first-order valence-electron chi connectivity index (χ1n) is 5.10. The van der Waals surface area contributed by atoms with Gasteiger partial charge >= 0.3 is 0 Å². The maximum absolute atomic E-state index is 4.52. The number of hydrogen-bond donors (Lipinski definition) is 0. The van der Waals surface area contributed by atoms with Crippen molar-refractivity contribution < 1.29 is 0 Å². The predicted molar refractivity (Wildman–Crippen MR) is 66.8 cm³/mol. The molecule has 3 aromatic rings. The van der Waals surface area contributed by atoms with Crippen molar-refractivity contribution in [3.05, 3.63) is 35.8 Å². The van der Waals surface area contributed by atoms with Gasteiger partial charge < -0.3 is 0 Å². The number of aryl methyl sites for hydroxylation is 2. The third-order valence-electron chi connectivity index (χ3n) is 2.58. The van der Waals surface area contributed by atoms with Crippen LogP contribution in [0.1, 0.15) is 11.4 Å². The Morgan fingerprint density at radius 2 is 2.00 bits per heavy atom. The minimum Gasteiger partial charge on any atom is -0.241 e. The van der Waals surface area contributed by atoms with Crippen LogP contribution in [-0.4, -0.2) is 14.7 Å². The fourth-order valence-corrected chi connectivity index (χ4v) is 2.62. The quantitative estimate of drug-likeness (QED) is 0.552. The van der Waals surface area contributed by atoms with Crippen LogP contribution >= 0.6 is 8.35 Å². The van der Waals surface area contributed by atoms with Crippen LogP contribution in [0, 0.1) is 13.8 Å². The van der Waals surface area contributed by atoms with Gasteiger partial charge in [-0.1, -0.05) is 12.1 Å². The lowest BCUT2D eigenvalue weighted by Crippen LogP contribution is -1.88. The fourth-order valence-electron chi connectivity index (χ4n) is 1.78. The second-order valence-corrected chi connectivity index (χ2v) is 4.70. The van der Waals surface area contributed by atoms with Gasteiger partial charge in [0.1, 0.15) is 11.1 Å². The van der Waals surface area contributed by atoms with Gasteiger partial charge in [-0.25, -0.2) is 14.7 Å². The summed E-state index contributed by atoms with van der Waals surface area (Å²) >= 11 is 0. The molecule has 0 spiro atoms. The summed E-state index contributed by atoms with van der Waals surface area (Å²) in [5.74, 6) is 0.803. The predicted octanol–water partition coefficient (Wildman–Crippen LogP) is 3.37. The van der Waals surface area contributed by atoms with Crippen LogP contribution in [0.25, 0.3) is 21.5 Å². The Balaban J connectivity index is 2.50. The molecule has 0 saturated heterocycles. The van der Waals surface area contributed by atoms with Crippen molar-refractivity contribution in [1.29, 1.82) is 0 Å². The Bertz CT molecular complexity index is 633.